The summed E-state index contributed by atoms with van der Waals surface area (Å²) < 4.78 is 4.74. The summed E-state index contributed by atoms with van der Waals surface area (Å²) in [6.45, 7) is 2.09. The number of carbonyl (C=O) groups is 3. The number of esters is 1. The molecule has 0 aliphatic heterocycles. The molecule has 0 N–H and O–H groups in total. The monoisotopic (exact) mass is 194 g/mol. The van der Waals surface area contributed by atoms with Crippen molar-refractivity contribution >= 4 is 17.5 Å². The molecule has 0 aromatic carbocycles. The first-order valence-corrected chi connectivity index (χ1v) is 4.30. The summed E-state index contributed by atoms with van der Waals surface area (Å²) in [4.78, 5) is 33.2. The average Bonchev–Trinajstić information content (AvgIpc) is 2.18. The maximum atomic E-state index is 11.2. The smallest absolute Gasteiger partial charge is 0.342 e. The second-order valence-corrected chi connectivity index (χ2v) is 2.79. The summed E-state index contributed by atoms with van der Waals surface area (Å²) in [6, 6.07) is 0. The highest BCUT2D eigenvalue weighted by Gasteiger charge is 2.21. The SMILES string of the molecule is CCCOC(=O)C1=CC(=O)C=CC1=O. The third-order valence-corrected chi connectivity index (χ3v) is 1.61. The van der Waals surface area contributed by atoms with Crippen molar-refractivity contribution in [3.8, 4) is 0 Å². The van der Waals surface area contributed by atoms with Gasteiger partial charge in [-0.1, -0.05) is 6.92 Å². The van der Waals surface area contributed by atoms with Gasteiger partial charge in [0.25, 0.3) is 0 Å². The highest BCUT2D eigenvalue weighted by Crippen LogP contribution is 2.07. The maximum Gasteiger partial charge on any atom is 0.342 e. The molecular formula is C10H10O4. The zero-order valence-electron chi connectivity index (χ0n) is 7.78. The van der Waals surface area contributed by atoms with Crippen LogP contribution in [0, 0.1) is 0 Å². The fraction of sp³-hybridized carbons (Fsp3) is 0.300. The molecular weight excluding hydrogens is 184 g/mol. The molecule has 14 heavy (non-hydrogen) atoms. The fourth-order valence-corrected chi connectivity index (χ4v) is 0.941. The van der Waals surface area contributed by atoms with Crippen molar-refractivity contribution in [3.05, 3.63) is 23.8 Å². The third kappa shape index (κ3) is 2.39. The second kappa shape index (κ2) is 4.50. The number of rotatable bonds is 3. The van der Waals surface area contributed by atoms with Crippen LogP contribution in [-0.4, -0.2) is 24.1 Å². The summed E-state index contributed by atoms with van der Waals surface area (Å²) in [5.41, 5.74) is -0.189. The molecule has 0 aromatic rings. The summed E-state index contributed by atoms with van der Waals surface area (Å²) >= 11 is 0. The average molecular weight is 194 g/mol. The van der Waals surface area contributed by atoms with Gasteiger partial charge >= 0.3 is 5.97 Å². The van der Waals surface area contributed by atoms with Gasteiger partial charge in [0.1, 0.15) is 5.57 Å². The van der Waals surface area contributed by atoms with E-state index < -0.39 is 11.8 Å². The van der Waals surface area contributed by atoms with E-state index in [1.54, 1.807) is 0 Å². The van der Waals surface area contributed by atoms with Crippen molar-refractivity contribution in [3.63, 3.8) is 0 Å². The van der Waals surface area contributed by atoms with Crippen LogP contribution >= 0.6 is 0 Å². The maximum absolute atomic E-state index is 11.2. The van der Waals surface area contributed by atoms with E-state index in [4.69, 9.17) is 4.74 Å². The Balaban J connectivity index is 2.71. The van der Waals surface area contributed by atoms with E-state index in [9.17, 15) is 14.4 Å². The Morgan fingerprint density at radius 2 is 2.07 bits per heavy atom. The van der Waals surface area contributed by atoms with Crippen molar-refractivity contribution in [2.24, 2.45) is 0 Å². The first kappa shape index (κ1) is 10.4. The van der Waals surface area contributed by atoms with E-state index in [0.717, 1.165) is 18.2 Å². The molecule has 0 unspecified atom stereocenters. The van der Waals surface area contributed by atoms with Crippen LogP contribution in [0.3, 0.4) is 0 Å². The molecule has 0 bridgehead atoms. The summed E-state index contributed by atoms with van der Waals surface area (Å²) in [5.74, 6) is -1.58. The van der Waals surface area contributed by atoms with E-state index in [1.807, 2.05) is 6.92 Å². The number of hydrogen-bond acceptors (Lipinski definition) is 4. The van der Waals surface area contributed by atoms with Crippen molar-refractivity contribution in [1.82, 2.24) is 0 Å². The quantitative estimate of drug-likeness (QED) is 0.374. The van der Waals surface area contributed by atoms with Crippen LogP contribution in [0.4, 0.5) is 0 Å². The second-order valence-electron chi connectivity index (χ2n) is 2.79. The molecule has 1 rings (SSSR count). The molecule has 0 spiro atoms. The van der Waals surface area contributed by atoms with Crippen LogP contribution in [0.25, 0.3) is 0 Å². The first-order valence-electron chi connectivity index (χ1n) is 4.30. The molecule has 4 heteroatoms. The van der Waals surface area contributed by atoms with Gasteiger partial charge < -0.3 is 4.74 Å². The molecule has 0 atom stereocenters. The Morgan fingerprint density at radius 1 is 1.36 bits per heavy atom. The minimum atomic E-state index is -0.727. The summed E-state index contributed by atoms with van der Waals surface area (Å²) in [7, 11) is 0. The van der Waals surface area contributed by atoms with Gasteiger partial charge in [-0.2, -0.15) is 0 Å². The van der Waals surface area contributed by atoms with Gasteiger partial charge in [0.2, 0.25) is 0 Å². The first-order chi connectivity index (χ1) is 6.65. The molecule has 1 aliphatic carbocycles. The van der Waals surface area contributed by atoms with Crippen LogP contribution in [0.5, 0.6) is 0 Å². The molecule has 74 valence electrons. The van der Waals surface area contributed by atoms with Crippen molar-refractivity contribution in [2.45, 2.75) is 13.3 Å². The van der Waals surface area contributed by atoms with Gasteiger partial charge in [0.15, 0.2) is 11.6 Å². The predicted octanol–water partition coefficient (Wildman–Crippen LogP) is 0.574. The molecule has 0 heterocycles. The molecule has 4 nitrogen and oxygen atoms in total. The van der Waals surface area contributed by atoms with Crippen LogP contribution in [0.15, 0.2) is 23.8 Å². The summed E-state index contributed by atoms with van der Waals surface area (Å²) in [5, 5.41) is 0. The van der Waals surface area contributed by atoms with Crippen LogP contribution in [-0.2, 0) is 19.1 Å². The lowest BCUT2D eigenvalue weighted by molar-refractivity contribution is -0.140. The van der Waals surface area contributed by atoms with E-state index in [0.29, 0.717) is 6.42 Å². The highest BCUT2D eigenvalue weighted by atomic mass is 16.5. The number of hydrogen-bond donors (Lipinski definition) is 0. The Hall–Kier alpha value is -1.71. The Labute approximate surface area is 81.2 Å². The molecule has 0 saturated heterocycles. The van der Waals surface area contributed by atoms with Crippen molar-refractivity contribution < 1.29 is 19.1 Å². The van der Waals surface area contributed by atoms with E-state index in [2.05, 4.69) is 0 Å². The highest BCUT2D eigenvalue weighted by molar-refractivity contribution is 6.28. The Bertz CT molecular complexity index is 336. The van der Waals surface area contributed by atoms with Crippen molar-refractivity contribution in [1.29, 1.82) is 0 Å². The zero-order valence-corrected chi connectivity index (χ0v) is 7.78. The Kier molecular flexibility index (Phi) is 3.34. The molecule has 0 fully saturated rings. The molecule has 0 saturated carbocycles. The molecule has 0 amide bonds. The largest absolute Gasteiger partial charge is 0.462 e. The number of allylic oxidation sites excluding steroid dienone is 3. The van der Waals surface area contributed by atoms with E-state index >= 15 is 0 Å². The van der Waals surface area contributed by atoms with E-state index in [-0.39, 0.29) is 18.0 Å². The van der Waals surface area contributed by atoms with Crippen LogP contribution in [0.1, 0.15) is 13.3 Å². The lowest BCUT2D eigenvalue weighted by Crippen LogP contribution is -2.18. The standard InChI is InChI=1S/C10H10O4/c1-2-5-14-10(13)8-6-7(11)3-4-9(8)12/h3-4,6H,2,5H2,1H3. The summed E-state index contributed by atoms with van der Waals surface area (Å²) in [6.07, 6.45) is 3.88. The van der Waals surface area contributed by atoms with Gasteiger partial charge in [-0.3, -0.25) is 9.59 Å². The molecule has 0 radical (unpaired) electrons. The van der Waals surface area contributed by atoms with Gasteiger partial charge in [-0.15, -0.1) is 0 Å². The van der Waals surface area contributed by atoms with Crippen molar-refractivity contribution in [2.75, 3.05) is 6.61 Å². The van der Waals surface area contributed by atoms with Crippen LogP contribution in [0.2, 0.25) is 0 Å². The predicted molar refractivity (Wildman–Crippen MR) is 48.5 cm³/mol. The topological polar surface area (TPSA) is 60.4 Å². The number of carbonyl (C=O) groups excluding carboxylic acids is 3. The van der Waals surface area contributed by atoms with Gasteiger partial charge in [0.05, 0.1) is 6.61 Å². The third-order valence-electron chi connectivity index (χ3n) is 1.61. The van der Waals surface area contributed by atoms with Gasteiger partial charge in [-0.25, -0.2) is 4.79 Å². The minimum Gasteiger partial charge on any atom is -0.462 e. The Morgan fingerprint density at radius 3 is 2.71 bits per heavy atom. The fourth-order valence-electron chi connectivity index (χ4n) is 0.941. The van der Waals surface area contributed by atoms with Gasteiger partial charge in [0, 0.05) is 6.08 Å². The zero-order chi connectivity index (χ0) is 10.6. The van der Waals surface area contributed by atoms with Crippen LogP contribution < -0.4 is 0 Å². The number of ketones is 2. The van der Waals surface area contributed by atoms with E-state index in [1.165, 1.54) is 0 Å². The molecule has 1 aliphatic rings. The van der Waals surface area contributed by atoms with Gasteiger partial charge in [-0.05, 0) is 18.6 Å². The normalized spacial score (nSPS) is 15.4. The lowest BCUT2D eigenvalue weighted by Gasteiger charge is -2.06. The number of ether oxygens (including phenoxy) is 1. The molecule has 0 aromatic heterocycles. The lowest BCUT2D eigenvalue weighted by atomic mass is 10.0. The minimum absolute atomic E-state index is 0.189.